The third-order valence-corrected chi connectivity index (χ3v) is 16.7. The maximum absolute atomic E-state index is 10.1. The molecule has 4 nitrogen and oxygen atoms in total. The molecule has 8 aromatic carbocycles. The second-order valence-corrected chi connectivity index (χ2v) is 21.8. The Balaban J connectivity index is 0.000000170. The fourth-order valence-corrected chi connectivity index (χ4v) is 12.3. The maximum Gasteiger partial charge on any atom is 0.119 e. The van der Waals surface area contributed by atoms with Crippen molar-refractivity contribution in [2.24, 2.45) is 11.8 Å². The fraction of sp³-hybridized carbons (Fsp3) is 0.258. The van der Waals surface area contributed by atoms with E-state index in [9.17, 15) is 15.3 Å². The summed E-state index contributed by atoms with van der Waals surface area (Å²) < 4.78 is 8.31. The van der Waals surface area contributed by atoms with Gasteiger partial charge < -0.3 is 20.1 Å². The number of alkyl halides is 1. The van der Waals surface area contributed by atoms with Crippen LogP contribution in [0, 0.1) is 18.8 Å². The highest BCUT2D eigenvalue weighted by Crippen LogP contribution is 2.58. The van der Waals surface area contributed by atoms with Gasteiger partial charge in [0.15, 0.2) is 0 Å². The number of fused-ring (bicyclic) bond motifs is 6. The first-order valence-corrected chi connectivity index (χ1v) is 28.5. The quantitative estimate of drug-likeness (QED) is 0.0666. The Kier molecular flexibility index (Phi) is 18.0. The van der Waals surface area contributed by atoms with E-state index in [1.54, 1.807) is 36.4 Å². The van der Waals surface area contributed by atoms with E-state index in [2.05, 4.69) is 185 Å². The van der Waals surface area contributed by atoms with Crippen LogP contribution in [0.3, 0.4) is 0 Å². The lowest BCUT2D eigenvalue weighted by Crippen LogP contribution is -2.28. The van der Waals surface area contributed by atoms with Gasteiger partial charge in [0.1, 0.15) is 23.0 Å². The summed E-state index contributed by atoms with van der Waals surface area (Å²) in [4.78, 5) is 0. The number of unbranched alkanes of at least 4 members (excludes halogenated alkanes) is 2. The Morgan fingerprint density at radius 1 is 0.466 bits per heavy atom. The topological polar surface area (TPSA) is 69.9 Å². The lowest BCUT2D eigenvalue weighted by Gasteiger charge is -2.34. The van der Waals surface area contributed by atoms with E-state index < -0.39 is 10.8 Å². The molecule has 0 saturated heterocycles. The average molecular weight is 1160 g/mol. The van der Waals surface area contributed by atoms with Crippen LogP contribution in [-0.4, -0.2) is 27.3 Å². The van der Waals surface area contributed by atoms with Gasteiger partial charge in [-0.1, -0.05) is 210 Å². The maximum atomic E-state index is 10.1. The number of hydrogen-bond acceptors (Lipinski definition) is 4. The summed E-state index contributed by atoms with van der Waals surface area (Å²) in [6, 6.07) is 61.3. The number of halogens is 3. The summed E-state index contributed by atoms with van der Waals surface area (Å²) in [6.07, 6.45) is 9.92. The standard InChI is InChI=1S/C33H33BrO2.C25H17BrO2.C8H16Br/c1-3-5-8-23(4-2)22-36-28-18-13-25(14-19-28)33(24-11-16-27(35)17-12-24)31-10-7-6-9-29(31)30-20-15-26(34)21-32(30)33;26-18-9-14-22-21-3-1-2-4-23(21)25(24(22)15-18,16-5-10-19(27)11-6-16)17-7-12-20(28)13-8-17;1-3-5-6-8(4-2)7-9/h6-7,9-21,23,35H,3-5,8,22H2,1-2H3;1-15,27-28H;8H,2-7H2,1H3/q;;+1. The van der Waals surface area contributed by atoms with E-state index in [1.807, 2.05) is 36.4 Å². The number of benzene rings is 8. The summed E-state index contributed by atoms with van der Waals surface area (Å²) >= 11 is 10.8. The summed E-state index contributed by atoms with van der Waals surface area (Å²) in [5.41, 5.74) is 13.2. The molecule has 2 aliphatic rings. The molecule has 0 bridgehead atoms. The summed E-state index contributed by atoms with van der Waals surface area (Å²) in [7, 11) is 0. The molecule has 0 aliphatic heterocycles. The van der Waals surface area contributed by atoms with Crippen molar-refractivity contribution < 1.29 is 20.1 Å². The zero-order valence-electron chi connectivity index (χ0n) is 42.1. The molecule has 3 unspecified atom stereocenters. The Labute approximate surface area is 458 Å². The molecule has 3 N–H and O–H groups in total. The molecule has 0 fully saturated rings. The molecule has 10 rings (SSSR count). The minimum Gasteiger partial charge on any atom is -0.508 e. The SMILES string of the molecule is CCCCC(CC)COc1ccc(C2(c3ccc(O)cc3)c3ccccc3-c3ccc(Br)cc32)cc1.Oc1ccc(C2(c3ccc(O)cc3)c3ccccc3-c3ccc(Br)cc32)cc1.[CH2+]CC(CBr)CCCC. The molecule has 8 aromatic rings. The van der Waals surface area contributed by atoms with E-state index in [0.717, 1.165) is 62.1 Å². The fourth-order valence-electron chi connectivity index (χ4n) is 10.9. The molecule has 0 heterocycles. The van der Waals surface area contributed by atoms with Gasteiger partial charge in [-0.05, 0) is 158 Å². The predicted octanol–water partition coefficient (Wildman–Crippen LogP) is 18.7. The molecule has 3 atom stereocenters. The second-order valence-electron chi connectivity index (χ2n) is 19.3. The highest BCUT2D eigenvalue weighted by atomic mass is 79.9. The van der Waals surface area contributed by atoms with Gasteiger partial charge >= 0.3 is 0 Å². The van der Waals surface area contributed by atoms with E-state index in [1.165, 1.54) is 88.6 Å². The van der Waals surface area contributed by atoms with Crippen LogP contribution in [0.15, 0.2) is 191 Å². The molecule has 0 aromatic heterocycles. The Bertz CT molecular complexity index is 3010. The van der Waals surface area contributed by atoms with Crippen molar-refractivity contribution in [1.82, 2.24) is 0 Å². The van der Waals surface area contributed by atoms with Gasteiger partial charge in [-0.25, -0.2) is 0 Å². The average Bonchev–Trinajstić information content (AvgIpc) is 3.87. The number of phenolic OH excluding ortho intramolecular Hbond substituents is 3. The predicted molar refractivity (Wildman–Crippen MR) is 313 cm³/mol. The number of phenols is 3. The molecule has 374 valence electrons. The zero-order valence-corrected chi connectivity index (χ0v) is 46.9. The van der Waals surface area contributed by atoms with Crippen molar-refractivity contribution in [1.29, 1.82) is 0 Å². The van der Waals surface area contributed by atoms with Gasteiger partial charge in [-0.2, -0.15) is 0 Å². The Morgan fingerprint density at radius 3 is 1.21 bits per heavy atom. The molecular weight excluding hydrogens is 1100 g/mol. The zero-order chi connectivity index (χ0) is 51.5. The number of hydrogen-bond donors (Lipinski definition) is 3. The molecule has 73 heavy (non-hydrogen) atoms. The van der Waals surface area contributed by atoms with Gasteiger partial charge in [0.05, 0.1) is 30.8 Å². The first-order valence-electron chi connectivity index (χ1n) is 25.8. The highest BCUT2D eigenvalue weighted by molar-refractivity contribution is 9.10. The molecule has 7 heteroatoms. The van der Waals surface area contributed by atoms with Crippen LogP contribution in [0.25, 0.3) is 22.3 Å². The van der Waals surface area contributed by atoms with Crippen LogP contribution in [0.4, 0.5) is 0 Å². The van der Waals surface area contributed by atoms with E-state index in [0.29, 0.717) is 5.92 Å². The number of ether oxygens (including phenoxy) is 1. The molecule has 0 amide bonds. The van der Waals surface area contributed by atoms with Crippen molar-refractivity contribution in [3.05, 3.63) is 242 Å². The van der Waals surface area contributed by atoms with Crippen molar-refractivity contribution in [2.75, 3.05) is 11.9 Å². The van der Waals surface area contributed by atoms with E-state index in [-0.39, 0.29) is 17.2 Å². The van der Waals surface area contributed by atoms with E-state index in [4.69, 9.17) is 4.74 Å². The summed E-state index contributed by atoms with van der Waals surface area (Å²) in [5, 5.41) is 31.0. The van der Waals surface area contributed by atoms with Crippen LogP contribution >= 0.6 is 47.8 Å². The van der Waals surface area contributed by atoms with Crippen molar-refractivity contribution in [3.8, 4) is 45.3 Å². The second kappa shape index (κ2) is 24.5. The van der Waals surface area contributed by atoms with Gasteiger partial charge in [-0.3, -0.25) is 0 Å². The van der Waals surface area contributed by atoms with Gasteiger partial charge in [0, 0.05) is 20.2 Å². The molecule has 0 saturated carbocycles. The largest absolute Gasteiger partial charge is 0.508 e. The Morgan fingerprint density at radius 2 is 0.836 bits per heavy atom. The van der Waals surface area contributed by atoms with Crippen LogP contribution in [0.1, 0.15) is 117 Å². The smallest absolute Gasteiger partial charge is 0.119 e. The molecule has 2 aliphatic carbocycles. The first kappa shape index (κ1) is 53.6. The first-order chi connectivity index (χ1) is 35.5. The third kappa shape index (κ3) is 11.1. The Hall–Kier alpha value is -5.73. The summed E-state index contributed by atoms with van der Waals surface area (Å²) in [6.45, 7) is 11.4. The van der Waals surface area contributed by atoms with Gasteiger partial charge in [0.2, 0.25) is 0 Å². The number of rotatable bonds is 16. The normalized spacial score (nSPS) is 15.3. The van der Waals surface area contributed by atoms with Crippen molar-refractivity contribution >= 4 is 47.8 Å². The van der Waals surface area contributed by atoms with Crippen LogP contribution in [0.5, 0.6) is 23.0 Å². The molecular formula is C66H66Br3O4+. The van der Waals surface area contributed by atoms with Crippen molar-refractivity contribution in [2.45, 2.75) is 83.0 Å². The molecule has 0 spiro atoms. The lowest BCUT2D eigenvalue weighted by molar-refractivity contribution is 0.233. The lowest BCUT2D eigenvalue weighted by atomic mass is 9.68. The minimum atomic E-state index is -0.531. The third-order valence-electron chi connectivity index (χ3n) is 14.8. The van der Waals surface area contributed by atoms with Crippen LogP contribution < -0.4 is 4.74 Å². The minimum absolute atomic E-state index is 0.241. The molecule has 0 radical (unpaired) electrons. The van der Waals surface area contributed by atoms with Crippen LogP contribution in [-0.2, 0) is 10.8 Å². The van der Waals surface area contributed by atoms with E-state index >= 15 is 0 Å². The van der Waals surface area contributed by atoms with Crippen LogP contribution in [0.2, 0.25) is 0 Å². The monoisotopic (exact) mass is 1160 g/mol. The highest BCUT2D eigenvalue weighted by Gasteiger charge is 2.47. The van der Waals surface area contributed by atoms with Gasteiger partial charge in [0.25, 0.3) is 0 Å². The van der Waals surface area contributed by atoms with Gasteiger partial charge in [-0.15, -0.1) is 0 Å². The number of aromatic hydroxyl groups is 3. The van der Waals surface area contributed by atoms with Crippen molar-refractivity contribution in [3.63, 3.8) is 0 Å². The summed E-state index contributed by atoms with van der Waals surface area (Å²) in [5.74, 6) is 3.07.